The van der Waals surface area contributed by atoms with Crippen molar-refractivity contribution in [1.82, 2.24) is 0 Å². The number of anilines is 1. The molecule has 0 saturated carbocycles. The van der Waals surface area contributed by atoms with Gasteiger partial charge in [-0.25, -0.2) is 4.79 Å². The van der Waals surface area contributed by atoms with Crippen LogP contribution < -0.4 is 5.32 Å². The average Bonchev–Trinajstić information content (AvgIpc) is 2.37. The van der Waals surface area contributed by atoms with E-state index in [9.17, 15) is 4.79 Å². The van der Waals surface area contributed by atoms with Crippen LogP contribution in [0.5, 0.6) is 0 Å². The number of hydrogen-bond donors (Lipinski definition) is 2. The maximum Gasteiger partial charge on any atom is 0.335 e. The van der Waals surface area contributed by atoms with E-state index in [-0.39, 0.29) is 5.56 Å². The zero-order valence-electron chi connectivity index (χ0n) is 10.5. The molecule has 0 fully saturated rings. The van der Waals surface area contributed by atoms with Crippen LogP contribution in [0.25, 0.3) is 0 Å². The molecule has 3 nitrogen and oxygen atoms in total. The minimum atomic E-state index is -0.925. The van der Waals surface area contributed by atoms with Gasteiger partial charge in [0.1, 0.15) is 0 Å². The molecule has 0 radical (unpaired) electrons. The van der Waals surface area contributed by atoms with Gasteiger partial charge < -0.3 is 10.4 Å². The summed E-state index contributed by atoms with van der Waals surface area (Å²) < 4.78 is 0. The summed E-state index contributed by atoms with van der Waals surface area (Å²) in [4.78, 5) is 10.9. The van der Waals surface area contributed by atoms with Crippen molar-refractivity contribution in [2.24, 2.45) is 0 Å². The highest BCUT2D eigenvalue weighted by Crippen LogP contribution is 2.19. The number of rotatable bonds is 4. The highest BCUT2D eigenvalue weighted by atomic mass is 35.5. The van der Waals surface area contributed by atoms with Gasteiger partial charge in [-0.2, -0.15) is 0 Å². The monoisotopic (exact) mass is 275 g/mol. The lowest BCUT2D eigenvalue weighted by molar-refractivity contribution is 0.0697. The predicted octanol–water partition coefficient (Wildman–Crippen LogP) is 3.96. The Labute approximate surface area is 116 Å². The SMILES string of the molecule is Cc1ccc(C(=O)O)cc1NCc1cccc(Cl)c1. The van der Waals surface area contributed by atoms with Gasteiger partial charge in [-0.1, -0.05) is 29.8 Å². The first-order valence-electron chi connectivity index (χ1n) is 5.88. The highest BCUT2D eigenvalue weighted by molar-refractivity contribution is 6.30. The number of aryl methyl sites for hydroxylation is 1. The normalized spacial score (nSPS) is 10.2. The summed E-state index contributed by atoms with van der Waals surface area (Å²) in [5.41, 5.74) is 3.15. The lowest BCUT2D eigenvalue weighted by Gasteiger charge is -2.10. The second-order valence-corrected chi connectivity index (χ2v) is 4.75. The van der Waals surface area contributed by atoms with Crippen LogP contribution in [0, 0.1) is 6.92 Å². The second kappa shape index (κ2) is 5.76. The van der Waals surface area contributed by atoms with Gasteiger partial charge in [0.2, 0.25) is 0 Å². The largest absolute Gasteiger partial charge is 0.478 e. The maximum absolute atomic E-state index is 10.9. The number of carboxylic acid groups (broad SMARTS) is 1. The maximum atomic E-state index is 10.9. The van der Waals surface area contributed by atoms with Gasteiger partial charge in [0.15, 0.2) is 0 Å². The van der Waals surface area contributed by atoms with Gasteiger partial charge in [-0.15, -0.1) is 0 Å². The molecule has 0 aromatic heterocycles. The van der Waals surface area contributed by atoms with Crippen molar-refractivity contribution in [3.8, 4) is 0 Å². The molecular weight excluding hydrogens is 262 g/mol. The Hall–Kier alpha value is -2.00. The Morgan fingerprint density at radius 2 is 2.05 bits per heavy atom. The van der Waals surface area contributed by atoms with Gasteiger partial charge in [0.25, 0.3) is 0 Å². The number of hydrogen-bond acceptors (Lipinski definition) is 2. The van der Waals surface area contributed by atoms with Crippen LogP contribution in [0.4, 0.5) is 5.69 Å². The minimum absolute atomic E-state index is 0.277. The number of aromatic carboxylic acids is 1. The molecule has 2 aromatic carbocycles. The molecule has 19 heavy (non-hydrogen) atoms. The van der Waals surface area contributed by atoms with Gasteiger partial charge in [-0.3, -0.25) is 0 Å². The third-order valence-electron chi connectivity index (χ3n) is 2.86. The standard InChI is InChI=1S/C15H14ClNO2/c1-10-5-6-12(15(18)19)8-14(10)17-9-11-3-2-4-13(16)7-11/h2-8,17H,9H2,1H3,(H,18,19). The van der Waals surface area contributed by atoms with Crippen molar-refractivity contribution in [2.75, 3.05) is 5.32 Å². The Bertz CT molecular complexity index is 611. The van der Waals surface area contributed by atoms with Gasteiger partial charge in [0.05, 0.1) is 5.56 Å². The smallest absolute Gasteiger partial charge is 0.335 e. The number of carbonyl (C=O) groups is 1. The van der Waals surface area contributed by atoms with Crippen LogP contribution in [-0.4, -0.2) is 11.1 Å². The summed E-state index contributed by atoms with van der Waals surface area (Å²) in [7, 11) is 0. The van der Waals surface area contributed by atoms with E-state index in [1.807, 2.05) is 31.2 Å². The lowest BCUT2D eigenvalue weighted by atomic mass is 10.1. The topological polar surface area (TPSA) is 49.3 Å². The summed E-state index contributed by atoms with van der Waals surface area (Å²) >= 11 is 5.92. The lowest BCUT2D eigenvalue weighted by Crippen LogP contribution is -2.03. The van der Waals surface area contributed by atoms with Crippen molar-refractivity contribution in [3.63, 3.8) is 0 Å². The Balaban J connectivity index is 2.15. The molecule has 0 bridgehead atoms. The van der Waals surface area contributed by atoms with Gasteiger partial charge in [0, 0.05) is 17.3 Å². The van der Waals surface area contributed by atoms with Crippen LogP contribution in [0.2, 0.25) is 5.02 Å². The van der Waals surface area contributed by atoms with E-state index in [0.717, 1.165) is 16.8 Å². The molecular formula is C15H14ClNO2. The second-order valence-electron chi connectivity index (χ2n) is 4.32. The molecule has 0 aliphatic heterocycles. The van der Waals surface area contributed by atoms with Crippen molar-refractivity contribution in [3.05, 3.63) is 64.2 Å². The number of halogens is 1. The Morgan fingerprint density at radius 3 is 2.74 bits per heavy atom. The summed E-state index contributed by atoms with van der Waals surface area (Å²) in [6, 6.07) is 12.6. The van der Waals surface area contributed by atoms with Crippen molar-refractivity contribution >= 4 is 23.3 Å². The first kappa shape index (κ1) is 13.4. The van der Waals surface area contributed by atoms with Crippen molar-refractivity contribution < 1.29 is 9.90 Å². The molecule has 2 rings (SSSR count). The molecule has 4 heteroatoms. The van der Waals surface area contributed by atoms with E-state index in [1.54, 1.807) is 18.2 Å². The minimum Gasteiger partial charge on any atom is -0.478 e. The average molecular weight is 276 g/mol. The van der Waals surface area contributed by atoms with E-state index in [0.29, 0.717) is 11.6 Å². The molecule has 0 atom stereocenters. The molecule has 0 spiro atoms. The Morgan fingerprint density at radius 1 is 1.26 bits per heavy atom. The highest BCUT2D eigenvalue weighted by Gasteiger charge is 2.06. The molecule has 0 heterocycles. The van der Waals surface area contributed by atoms with Crippen LogP contribution in [0.3, 0.4) is 0 Å². The first-order chi connectivity index (χ1) is 9.06. The summed E-state index contributed by atoms with van der Waals surface area (Å²) in [5.74, 6) is -0.925. The molecule has 2 aromatic rings. The van der Waals surface area contributed by atoms with Crippen LogP contribution in [0.1, 0.15) is 21.5 Å². The van der Waals surface area contributed by atoms with Gasteiger partial charge in [-0.05, 0) is 42.3 Å². The molecule has 98 valence electrons. The van der Waals surface area contributed by atoms with Gasteiger partial charge >= 0.3 is 5.97 Å². The molecule has 0 aliphatic rings. The number of nitrogens with one attached hydrogen (secondary N) is 1. The van der Waals surface area contributed by atoms with E-state index in [1.165, 1.54) is 0 Å². The number of carboxylic acids is 1. The van der Waals surface area contributed by atoms with Crippen molar-refractivity contribution in [2.45, 2.75) is 13.5 Å². The summed E-state index contributed by atoms with van der Waals surface area (Å²) in [5, 5.41) is 12.9. The molecule has 2 N–H and O–H groups in total. The fraction of sp³-hybridized carbons (Fsp3) is 0.133. The summed E-state index contributed by atoms with van der Waals surface area (Å²) in [6.45, 7) is 2.54. The molecule has 0 aliphatic carbocycles. The Kier molecular flexibility index (Phi) is 4.07. The van der Waals surface area contributed by atoms with Crippen LogP contribution in [-0.2, 0) is 6.54 Å². The van der Waals surface area contributed by atoms with E-state index in [2.05, 4.69) is 5.32 Å². The fourth-order valence-corrected chi connectivity index (χ4v) is 2.00. The summed E-state index contributed by atoms with van der Waals surface area (Å²) in [6.07, 6.45) is 0. The van der Waals surface area contributed by atoms with Crippen LogP contribution in [0.15, 0.2) is 42.5 Å². The van der Waals surface area contributed by atoms with E-state index < -0.39 is 5.97 Å². The zero-order valence-corrected chi connectivity index (χ0v) is 11.2. The quantitative estimate of drug-likeness (QED) is 0.888. The predicted molar refractivity (Wildman–Crippen MR) is 76.9 cm³/mol. The third kappa shape index (κ3) is 3.48. The van der Waals surface area contributed by atoms with E-state index in [4.69, 9.17) is 16.7 Å². The number of benzene rings is 2. The van der Waals surface area contributed by atoms with Crippen molar-refractivity contribution in [1.29, 1.82) is 0 Å². The third-order valence-corrected chi connectivity index (χ3v) is 3.09. The fourth-order valence-electron chi connectivity index (χ4n) is 1.79. The molecule has 0 amide bonds. The first-order valence-corrected chi connectivity index (χ1v) is 6.26. The zero-order chi connectivity index (χ0) is 13.8. The van der Waals surface area contributed by atoms with Crippen LogP contribution >= 0.6 is 11.6 Å². The molecule has 0 saturated heterocycles. The van der Waals surface area contributed by atoms with E-state index >= 15 is 0 Å². The molecule has 0 unspecified atom stereocenters.